The van der Waals surface area contributed by atoms with Gasteiger partial charge in [-0.3, -0.25) is 4.79 Å². The van der Waals surface area contributed by atoms with Crippen LogP contribution >= 0.6 is 34.7 Å². The van der Waals surface area contributed by atoms with Crippen LogP contribution in [0, 0.1) is 13.8 Å². The van der Waals surface area contributed by atoms with E-state index in [1.807, 2.05) is 51.4 Å². The van der Waals surface area contributed by atoms with Crippen LogP contribution < -0.4 is 10.1 Å². The van der Waals surface area contributed by atoms with Crippen LogP contribution in [-0.4, -0.2) is 38.5 Å². The number of amides is 1. The quantitative estimate of drug-likeness (QED) is 0.256. The number of carbonyl (C=O) groups excluding carboxylic acids is 2. The molecule has 0 aliphatic heterocycles. The van der Waals surface area contributed by atoms with Crippen LogP contribution in [0.2, 0.25) is 5.02 Å². The van der Waals surface area contributed by atoms with Gasteiger partial charge in [-0.05, 0) is 82.2 Å². The summed E-state index contributed by atoms with van der Waals surface area (Å²) >= 11 is 9.00. The number of aromatic nitrogens is 3. The van der Waals surface area contributed by atoms with Crippen molar-refractivity contribution in [3.05, 3.63) is 50.1 Å². The summed E-state index contributed by atoms with van der Waals surface area (Å²) in [5.41, 5.74) is 3.43. The van der Waals surface area contributed by atoms with Crippen molar-refractivity contribution in [2.24, 2.45) is 7.05 Å². The van der Waals surface area contributed by atoms with Gasteiger partial charge < -0.3 is 19.4 Å². The van der Waals surface area contributed by atoms with Crippen molar-refractivity contribution in [3.8, 4) is 5.75 Å². The highest BCUT2D eigenvalue weighted by molar-refractivity contribution is 7.99. The summed E-state index contributed by atoms with van der Waals surface area (Å²) in [6.07, 6.45) is 3.64. The summed E-state index contributed by atoms with van der Waals surface area (Å²) < 4.78 is 13.2. The zero-order valence-corrected chi connectivity index (χ0v) is 24.0. The second kappa shape index (κ2) is 11.9. The number of nitrogens with zero attached hydrogens (tertiary/aromatic N) is 3. The fourth-order valence-corrected chi connectivity index (χ4v) is 6.30. The maximum absolute atomic E-state index is 12.8. The molecule has 8 nitrogen and oxygen atoms in total. The minimum atomic E-state index is -0.374. The number of thioether (sulfide) groups is 1. The lowest BCUT2D eigenvalue weighted by atomic mass is 9.95. The van der Waals surface area contributed by atoms with Gasteiger partial charge in [-0.25, -0.2) is 4.79 Å². The number of aryl methyl sites for hydroxylation is 3. The van der Waals surface area contributed by atoms with Crippen molar-refractivity contribution in [1.29, 1.82) is 0 Å². The average Bonchev–Trinajstić information content (AvgIpc) is 3.38. The molecule has 0 saturated heterocycles. The Bertz CT molecular complexity index is 1300. The van der Waals surface area contributed by atoms with Crippen molar-refractivity contribution in [2.45, 2.75) is 71.2 Å². The first-order valence-corrected chi connectivity index (χ1v) is 14.4. The Morgan fingerprint density at radius 1 is 1.19 bits per heavy atom. The van der Waals surface area contributed by atoms with E-state index >= 15 is 0 Å². The normalized spacial score (nSPS) is 12.9. The molecule has 0 saturated carbocycles. The van der Waals surface area contributed by atoms with E-state index in [1.54, 1.807) is 0 Å². The first-order chi connectivity index (χ1) is 17.6. The molecule has 0 spiro atoms. The van der Waals surface area contributed by atoms with E-state index in [0.29, 0.717) is 27.3 Å². The Labute approximate surface area is 230 Å². The molecule has 1 aliphatic rings. The summed E-state index contributed by atoms with van der Waals surface area (Å²) in [4.78, 5) is 26.8. The maximum atomic E-state index is 12.8. The average molecular weight is 563 g/mol. The van der Waals surface area contributed by atoms with Crippen molar-refractivity contribution in [3.63, 3.8) is 0 Å². The predicted octanol–water partition coefficient (Wildman–Crippen LogP) is 5.90. The fourth-order valence-electron chi connectivity index (χ4n) is 4.17. The Morgan fingerprint density at radius 2 is 1.89 bits per heavy atom. The van der Waals surface area contributed by atoms with Gasteiger partial charge in [0.05, 0.1) is 17.4 Å². The minimum absolute atomic E-state index is 0.129. The second-order valence-electron chi connectivity index (χ2n) is 9.32. The lowest BCUT2D eigenvalue weighted by Crippen LogP contribution is -2.19. The van der Waals surface area contributed by atoms with Gasteiger partial charge in [-0.15, -0.1) is 21.5 Å². The van der Waals surface area contributed by atoms with E-state index in [2.05, 4.69) is 15.5 Å². The van der Waals surface area contributed by atoms with Crippen LogP contribution in [-0.2, 0) is 36.0 Å². The second-order valence-corrected chi connectivity index (χ2v) is 11.7. The number of carbonyl (C=O) groups is 2. The number of hydrogen-bond donors (Lipinski definition) is 1. The highest BCUT2D eigenvalue weighted by Crippen LogP contribution is 2.39. The number of halogens is 1. The zero-order chi connectivity index (χ0) is 26.7. The highest BCUT2D eigenvalue weighted by atomic mass is 35.5. The number of fused-ring (bicyclic) bond motifs is 1. The SMILES string of the molecule is Cc1cc(OCc2nnc(SCC(=O)Nc3sc4c(c3C(=O)OC(C)C)CCCC4)n2C)cc(C)c1Cl. The van der Waals surface area contributed by atoms with Crippen molar-refractivity contribution < 1.29 is 19.1 Å². The molecule has 2 heterocycles. The molecule has 1 amide bonds. The van der Waals surface area contributed by atoms with Crippen LogP contribution in [0.1, 0.15) is 64.4 Å². The first-order valence-electron chi connectivity index (χ1n) is 12.2. The Kier molecular flexibility index (Phi) is 8.82. The smallest absolute Gasteiger partial charge is 0.341 e. The maximum Gasteiger partial charge on any atom is 0.341 e. The summed E-state index contributed by atoms with van der Waals surface area (Å²) in [7, 11) is 1.84. The summed E-state index contributed by atoms with van der Waals surface area (Å²) in [6.45, 7) is 7.75. The summed E-state index contributed by atoms with van der Waals surface area (Å²) in [6, 6.07) is 3.78. The number of nitrogens with one attached hydrogen (secondary N) is 1. The van der Waals surface area contributed by atoms with Crippen LogP contribution in [0.5, 0.6) is 5.75 Å². The van der Waals surface area contributed by atoms with E-state index in [0.717, 1.165) is 52.3 Å². The number of anilines is 1. The first kappa shape index (κ1) is 27.5. The molecule has 0 atom stereocenters. The predicted molar refractivity (Wildman–Crippen MR) is 147 cm³/mol. The molecule has 4 rings (SSSR count). The van der Waals surface area contributed by atoms with Crippen LogP contribution in [0.15, 0.2) is 17.3 Å². The molecule has 0 fully saturated rings. The number of ether oxygens (including phenoxy) is 2. The number of esters is 1. The lowest BCUT2D eigenvalue weighted by Gasteiger charge is -2.14. The van der Waals surface area contributed by atoms with E-state index in [9.17, 15) is 9.59 Å². The van der Waals surface area contributed by atoms with Crippen LogP contribution in [0.25, 0.3) is 0 Å². The van der Waals surface area contributed by atoms with E-state index in [1.165, 1.54) is 23.1 Å². The Hall–Kier alpha value is -2.56. The number of rotatable bonds is 9. The van der Waals surface area contributed by atoms with Gasteiger partial charge in [0.1, 0.15) is 17.4 Å². The molecule has 11 heteroatoms. The van der Waals surface area contributed by atoms with Gasteiger partial charge in [-0.1, -0.05) is 23.4 Å². The van der Waals surface area contributed by atoms with Gasteiger partial charge in [0.2, 0.25) is 5.91 Å². The van der Waals surface area contributed by atoms with Gasteiger partial charge in [0.25, 0.3) is 0 Å². The Balaban J connectivity index is 1.38. The summed E-state index contributed by atoms with van der Waals surface area (Å²) in [5, 5.41) is 13.3. The molecular weight excluding hydrogens is 532 g/mol. The zero-order valence-electron chi connectivity index (χ0n) is 21.6. The minimum Gasteiger partial charge on any atom is -0.486 e. The van der Waals surface area contributed by atoms with Crippen molar-refractivity contribution in [2.75, 3.05) is 11.1 Å². The lowest BCUT2D eigenvalue weighted by molar-refractivity contribution is -0.113. The van der Waals surface area contributed by atoms with E-state index in [4.69, 9.17) is 21.1 Å². The monoisotopic (exact) mass is 562 g/mol. The third-order valence-corrected chi connectivity index (χ3v) is 8.83. The molecule has 1 N–H and O–H groups in total. The molecule has 37 heavy (non-hydrogen) atoms. The van der Waals surface area contributed by atoms with Gasteiger partial charge >= 0.3 is 5.97 Å². The van der Waals surface area contributed by atoms with Crippen LogP contribution in [0.3, 0.4) is 0 Å². The van der Waals surface area contributed by atoms with Crippen LogP contribution in [0.4, 0.5) is 5.00 Å². The summed E-state index contributed by atoms with van der Waals surface area (Å²) in [5.74, 6) is 0.889. The molecular formula is C26H31ClN4O4S2. The third kappa shape index (κ3) is 6.48. The van der Waals surface area contributed by atoms with Crippen molar-refractivity contribution >= 4 is 51.6 Å². The number of hydrogen-bond acceptors (Lipinski definition) is 8. The largest absolute Gasteiger partial charge is 0.486 e. The van der Waals surface area contributed by atoms with E-state index in [-0.39, 0.29) is 30.3 Å². The fraction of sp³-hybridized carbons (Fsp3) is 0.462. The van der Waals surface area contributed by atoms with Gasteiger partial charge in [-0.2, -0.15) is 0 Å². The standard InChI is InChI=1S/C26H31ClN4O4S2/c1-14(2)35-25(33)22-18-8-6-7-9-19(18)37-24(22)28-21(32)13-36-26-30-29-20(31(26)5)12-34-17-10-15(3)23(27)16(4)11-17/h10-11,14H,6-9,12-13H2,1-5H3,(H,28,32). The van der Waals surface area contributed by atoms with E-state index < -0.39 is 0 Å². The van der Waals surface area contributed by atoms with Gasteiger partial charge in [0, 0.05) is 16.9 Å². The number of thiophene rings is 1. The molecule has 198 valence electrons. The van der Waals surface area contributed by atoms with Gasteiger partial charge in [0.15, 0.2) is 11.0 Å². The molecule has 0 bridgehead atoms. The molecule has 0 radical (unpaired) electrons. The molecule has 0 unspecified atom stereocenters. The molecule has 2 aromatic heterocycles. The number of benzene rings is 1. The third-order valence-electron chi connectivity index (χ3n) is 6.01. The van der Waals surface area contributed by atoms with Crippen molar-refractivity contribution in [1.82, 2.24) is 14.8 Å². The molecule has 1 aromatic carbocycles. The topological polar surface area (TPSA) is 95.3 Å². The Morgan fingerprint density at radius 3 is 2.59 bits per heavy atom. The molecule has 1 aliphatic carbocycles. The highest BCUT2D eigenvalue weighted by Gasteiger charge is 2.28. The molecule has 3 aromatic rings.